The average Bonchev–Trinajstić information content (AvgIpc) is 3.15. The normalized spacial score (nSPS) is 13.6. The molecule has 1 aromatic carbocycles. The van der Waals surface area contributed by atoms with E-state index in [4.69, 9.17) is 14.5 Å². The quantitative estimate of drug-likeness (QED) is 0.455. The molecule has 30 heavy (non-hydrogen) atoms. The SMILES string of the molecule is Cc1cccc(CN=C(NCCc2cccs2)Nc2ccc3c(c2)OCCCO3)n1. The molecule has 0 aliphatic carbocycles. The molecule has 1 aliphatic heterocycles. The highest BCUT2D eigenvalue weighted by Gasteiger charge is 2.11. The Kier molecular flexibility index (Phi) is 6.82. The smallest absolute Gasteiger partial charge is 0.196 e. The molecular weight excluding hydrogens is 396 g/mol. The van der Waals surface area contributed by atoms with Crippen molar-refractivity contribution in [3.05, 3.63) is 70.2 Å². The lowest BCUT2D eigenvalue weighted by molar-refractivity contribution is 0.297. The minimum absolute atomic E-state index is 0.501. The summed E-state index contributed by atoms with van der Waals surface area (Å²) in [5.41, 5.74) is 2.83. The molecule has 0 unspecified atom stereocenters. The second kappa shape index (κ2) is 10.1. The van der Waals surface area contributed by atoms with Crippen LogP contribution in [0.4, 0.5) is 5.69 Å². The lowest BCUT2D eigenvalue weighted by Crippen LogP contribution is -2.32. The van der Waals surface area contributed by atoms with Crippen molar-refractivity contribution in [3.8, 4) is 11.5 Å². The van der Waals surface area contributed by atoms with Crippen molar-refractivity contribution in [2.75, 3.05) is 25.1 Å². The Morgan fingerprint density at radius 3 is 2.83 bits per heavy atom. The summed E-state index contributed by atoms with van der Waals surface area (Å²) in [6.07, 6.45) is 1.83. The molecule has 156 valence electrons. The number of pyridine rings is 1. The largest absolute Gasteiger partial charge is 0.490 e. The van der Waals surface area contributed by atoms with Crippen molar-refractivity contribution >= 4 is 23.0 Å². The summed E-state index contributed by atoms with van der Waals surface area (Å²) in [5.74, 6) is 2.26. The number of nitrogens with one attached hydrogen (secondary N) is 2. The van der Waals surface area contributed by atoms with Gasteiger partial charge in [0.2, 0.25) is 0 Å². The molecule has 4 rings (SSSR count). The Bertz CT molecular complexity index is 989. The number of rotatable bonds is 6. The van der Waals surface area contributed by atoms with E-state index >= 15 is 0 Å². The molecule has 0 atom stereocenters. The molecule has 3 heterocycles. The lowest BCUT2D eigenvalue weighted by Gasteiger charge is -2.14. The number of benzene rings is 1. The fourth-order valence-corrected chi connectivity index (χ4v) is 3.83. The van der Waals surface area contributed by atoms with E-state index < -0.39 is 0 Å². The van der Waals surface area contributed by atoms with Crippen LogP contribution in [0.3, 0.4) is 0 Å². The number of hydrogen-bond donors (Lipinski definition) is 2. The monoisotopic (exact) mass is 422 g/mol. The van der Waals surface area contributed by atoms with Crippen molar-refractivity contribution in [3.63, 3.8) is 0 Å². The Hall–Kier alpha value is -3.06. The van der Waals surface area contributed by atoms with Crippen LogP contribution >= 0.6 is 11.3 Å². The summed E-state index contributed by atoms with van der Waals surface area (Å²) >= 11 is 1.77. The summed E-state index contributed by atoms with van der Waals surface area (Å²) < 4.78 is 11.5. The average molecular weight is 423 g/mol. The summed E-state index contributed by atoms with van der Waals surface area (Å²) in [4.78, 5) is 10.6. The molecule has 0 saturated heterocycles. The first-order valence-corrected chi connectivity index (χ1v) is 11.0. The van der Waals surface area contributed by atoms with Gasteiger partial charge in [-0.05, 0) is 49.1 Å². The maximum Gasteiger partial charge on any atom is 0.196 e. The van der Waals surface area contributed by atoms with Crippen LogP contribution in [0.15, 0.2) is 58.9 Å². The zero-order valence-corrected chi connectivity index (χ0v) is 17.9. The molecule has 3 aromatic rings. The molecule has 0 fully saturated rings. The van der Waals surface area contributed by atoms with Gasteiger partial charge in [0, 0.05) is 35.3 Å². The maximum absolute atomic E-state index is 5.81. The third-order valence-corrected chi connectivity index (χ3v) is 5.54. The number of ether oxygens (including phenoxy) is 2. The summed E-state index contributed by atoms with van der Waals surface area (Å²) in [6.45, 7) is 4.62. The van der Waals surface area contributed by atoms with Crippen LogP contribution in [0.2, 0.25) is 0 Å². The van der Waals surface area contributed by atoms with Crippen LogP contribution in [0.25, 0.3) is 0 Å². The van der Waals surface area contributed by atoms with E-state index in [9.17, 15) is 0 Å². The van der Waals surface area contributed by atoms with Gasteiger partial charge in [-0.25, -0.2) is 4.99 Å². The highest BCUT2D eigenvalue weighted by atomic mass is 32.1. The predicted molar refractivity (Wildman–Crippen MR) is 122 cm³/mol. The van der Waals surface area contributed by atoms with Crippen LogP contribution < -0.4 is 20.1 Å². The molecular formula is C23H26N4O2S. The van der Waals surface area contributed by atoms with Gasteiger partial charge >= 0.3 is 0 Å². The van der Waals surface area contributed by atoms with Crippen LogP contribution in [0.5, 0.6) is 11.5 Å². The zero-order valence-electron chi connectivity index (χ0n) is 17.1. The predicted octanol–water partition coefficient (Wildman–Crippen LogP) is 4.41. The van der Waals surface area contributed by atoms with Crippen molar-refractivity contribution < 1.29 is 9.47 Å². The number of hydrogen-bond acceptors (Lipinski definition) is 5. The number of nitrogens with zero attached hydrogens (tertiary/aromatic N) is 2. The number of aromatic nitrogens is 1. The number of thiophene rings is 1. The van der Waals surface area contributed by atoms with Crippen molar-refractivity contribution in [2.45, 2.75) is 26.3 Å². The van der Waals surface area contributed by atoms with Crippen LogP contribution in [-0.2, 0) is 13.0 Å². The number of aryl methyl sites for hydroxylation is 1. The molecule has 2 aromatic heterocycles. The summed E-state index contributed by atoms with van der Waals surface area (Å²) in [7, 11) is 0. The lowest BCUT2D eigenvalue weighted by atomic mass is 10.2. The third kappa shape index (κ3) is 5.73. The number of aliphatic imine (C=N–C) groups is 1. The number of anilines is 1. The van der Waals surface area contributed by atoms with Gasteiger partial charge in [-0.2, -0.15) is 0 Å². The second-order valence-electron chi connectivity index (χ2n) is 7.03. The highest BCUT2D eigenvalue weighted by molar-refractivity contribution is 7.09. The first kappa shape index (κ1) is 20.2. The highest BCUT2D eigenvalue weighted by Crippen LogP contribution is 2.32. The molecule has 2 N–H and O–H groups in total. The Labute approximate surface area is 181 Å². The molecule has 7 heteroatoms. The topological polar surface area (TPSA) is 67.8 Å². The van der Waals surface area contributed by atoms with E-state index in [0.29, 0.717) is 25.7 Å². The first-order chi connectivity index (χ1) is 14.8. The maximum atomic E-state index is 5.81. The molecule has 0 radical (unpaired) electrons. The van der Waals surface area contributed by atoms with E-state index in [0.717, 1.165) is 48.0 Å². The minimum atomic E-state index is 0.501. The van der Waals surface area contributed by atoms with E-state index in [1.807, 2.05) is 43.3 Å². The van der Waals surface area contributed by atoms with Gasteiger partial charge in [0.25, 0.3) is 0 Å². The van der Waals surface area contributed by atoms with E-state index in [1.165, 1.54) is 4.88 Å². The van der Waals surface area contributed by atoms with E-state index in [-0.39, 0.29) is 0 Å². The van der Waals surface area contributed by atoms with Gasteiger partial charge in [-0.15, -0.1) is 11.3 Å². The van der Waals surface area contributed by atoms with Crippen molar-refractivity contribution in [1.29, 1.82) is 0 Å². The van der Waals surface area contributed by atoms with Crippen molar-refractivity contribution in [1.82, 2.24) is 10.3 Å². The summed E-state index contributed by atoms with van der Waals surface area (Å²) in [6, 6.07) is 16.1. The summed E-state index contributed by atoms with van der Waals surface area (Å²) in [5, 5.41) is 8.92. The molecule has 1 aliphatic rings. The number of guanidine groups is 1. The number of fused-ring (bicyclic) bond motifs is 1. The molecule has 0 bridgehead atoms. The van der Waals surface area contributed by atoms with Gasteiger partial charge in [0.1, 0.15) is 0 Å². The third-order valence-electron chi connectivity index (χ3n) is 4.60. The van der Waals surface area contributed by atoms with Crippen molar-refractivity contribution in [2.24, 2.45) is 4.99 Å². The van der Waals surface area contributed by atoms with Crippen LogP contribution in [0.1, 0.15) is 22.7 Å². The molecule has 0 amide bonds. The van der Waals surface area contributed by atoms with Crippen LogP contribution in [-0.4, -0.2) is 30.7 Å². The fourth-order valence-electron chi connectivity index (χ4n) is 3.12. The fraction of sp³-hybridized carbons (Fsp3) is 0.304. The first-order valence-electron chi connectivity index (χ1n) is 10.2. The van der Waals surface area contributed by atoms with E-state index in [2.05, 4.69) is 33.1 Å². The van der Waals surface area contributed by atoms with Gasteiger partial charge in [0.05, 0.1) is 25.5 Å². The Morgan fingerprint density at radius 2 is 2.00 bits per heavy atom. The van der Waals surface area contributed by atoms with Gasteiger partial charge < -0.3 is 20.1 Å². The van der Waals surface area contributed by atoms with Gasteiger partial charge in [0.15, 0.2) is 17.5 Å². The zero-order chi connectivity index (χ0) is 20.6. The molecule has 6 nitrogen and oxygen atoms in total. The molecule has 0 saturated carbocycles. The van der Waals surface area contributed by atoms with E-state index in [1.54, 1.807) is 11.3 Å². The standard InChI is InChI=1S/C23H26N4O2S/c1-17-5-2-6-19(26-17)16-25-23(24-11-10-20-7-3-14-30-20)27-18-8-9-21-22(15-18)29-13-4-12-28-21/h2-3,5-9,14-15H,4,10-13,16H2,1H3,(H2,24,25,27). The Morgan fingerprint density at radius 1 is 1.10 bits per heavy atom. The second-order valence-corrected chi connectivity index (χ2v) is 8.06. The van der Waals surface area contributed by atoms with Gasteiger partial charge in [-0.3, -0.25) is 4.98 Å². The van der Waals surface area contributed by atoms with Gasteiger partial charge in [-0.1, -0.05) is 12.1 Å². The minimum Gasteiger partial charge on any atom is -0.490 e. The molecule has 0 spiro atoms. The Balaban J connectivity index is 1.47. The van der Waals surface area contributed by atoms with Crippen LogP contribution in [0, 0.1) is 6.92 Å².